The Morgan fingerprint density at radius 2 is 1.62 bits per heavy atom. The zero-order chi connectivity index (χ0) is 21.2. The van der Waals surface area contributed by atoms with Crippen LogP contribution in [0.15, 0.2) is 66.3 Å². The SMILES string of the molecule is C=CC(C(=C)C(CCC)CCC1CC(CCC)CC(c2ccccc2)C1)=C(C)C. The van der Waals surface area contributed by atoms with Crippen molar-refractivity contribution >= 4 is 0 Å². The molecule has 0 heteroatoms. The third-order valence-corrected chi connectivity index (χ3v) is 7.01. The van der Waals surface area contributed by atoms with E-state index in [0.717, 1.165) is 17.8 Å². The predicted octanol–water partition coefficient (Wildman–Crippen LogP) is 9.26. The molecule has 1 aliphatic carbocycles. The zero-order valence-electron chi connectivity index (χ0n) is 19.6. The summed E-state index contributed by atoms with van der Waals surface area (Å²) in [6.45, 7) is 17.6. The molecule has 0 aromatic heterocycles. The minimum Gasteiger partial charge on any atom is -0.0985 e. The van der Waals surface area contributed by atoms with Crippen molar-refractivity contribution in [2.75, 3.05) is 0 Å². The van der Waals surface area contributed by atoms with Crippen molar-refractivity contribution < 1.29 is 0 Å². The summed E-state index contributed by atoms with van der Waals surface area (Å²) in [6, 6.07) is 11.3. The summed E-state index contributed by atoms with van der Waals surface area (Å²) in [4.78, 5) is 0. The van der Waals surface area contributed by atoms with Crippen LogP contribution in [0.4, 0.5) is 0 Å². The van der Waals surface area contributed by atoms with E-state index < -0.39 is 0 Å². The molecule has 0 radical (unpaired) electrons. The van der Waals surface area contributed by atoms with Crippen LogP contribution < -0.4 is 0 Å². The lowest BCUT2D eigenvalue weighted by Crippen LogP contribution is -2.22. The van der Waals surface area contributed by atoms with Gasteiger partial charge in [0, 0.05) is 0 Å². The van der Waals surface area contributed by atoms with Gasteiger partial charge in [0.1, 0.15) is 0 Å². The van der Waals surface area contributed by atoms with Crippen LogP contribution in [0.25, 0.3) is 0 Å². The Bertz CT molecular complexity index is 659. The Labute approximate surface area is 181 Å². The molecule has 1 aliphatic rings. The number of rotatable bonds is 11. The van der Waals surface area contributed by atoms with Gasteiger partial charge in [-0.25, -0.2) is 0 Å². The smallest absolute Gasteiger partial charge is 0.0157 e. The summed E-state index contributed by atoms with van der Waals surface area (Å²) in [7, 11) is 0. The van der Waals surface area contributed by atoms with Crippen LogP contribution >= 0.6 is 0 Å². The lowest BCUT2D eigenvalue weighted by atomic mass is 9.69. The van der Waals surface area contributed by atoms with Crippen molar-refractivity contribution in [1.29, 1.82) is 0 Å². The van der Waals surface area contributed by atoms with Gasteiger partial charge < -0.3 is 0 Å². The Hall–Kier alpha value is -1.56. The van der Waals surface area contributed by atoms with Crippen LogP contribution in [0.2, 0.25) is 0 Å². The van der Waals surface area contributed by atoms with Gasteiger partial charge in [-0.1, -0.05) is 88.2 Å². The molecular formula is C29H44. The molecule has 2 rings (SSSR count). The van der Waals surface area contributed by atoms with Crippen molar-refractivity contribution in [3.8, 4) is 0 Å². The molecule has 0 nitrogen and oxygen atoms in total. The first-order valence-corrected chi connectivity index (χ1v) is 12.0. The Morgan fingerprint density at radius 3 is 2.17 bits per heavy atom. The van der Waals surface area contributed by atoms with Gasteiger partial charge in [-0.3, -0.25) is 0 Å². The van der Waals surface area contributed by atoms with Crippen LogP contribution in [0.3, 0.4) is 0 Å². The van der Waals surface area contributed by atoms with E-state index in [2.05, 4.69) is 71.2 Å². The van der Waals surface area contributed by atoms with Crippen LogP contribution in [-0.4, -0.2) is 0 Å². The van der Waals surface area contributed by atoms with E-state index in [1.54, 1.807) is 5.56 Å². The molecule has 0 heterocycles. The van der Waals surface area contributed by atoms with Crippen molar-refractivity contribution in [2.45, 2.75) is 91.4 Å². The van der Waals surface area contributed by atoms with Crippen LogP contribution in [0, 0.1) is 17.8 Å². The van der Waals surface area contributed by atoms with Crippen LogP contribution in [-0.2, 0) is 0 Å². The molecule has 160 valence electrons. The largest absolute Gasteiger partial charge is 0.0985 e. The summed E-state index contributed by atoms with van der Waals surface area (Å²) in [5, 5.41) is 0. The average Bonchev–Trinajstić information content (AvgIpc) is 2.72. The molecule has 1 saturated carbocycles. The lowest BCUT2D eigenvalue weighted by molar-refractivity contribution is 0.209. The molecule has 0 aliphatic heterocycles. The average molecular weight is 393 g/mol. The second-order valence-corrected chi connectivity index (χ2v) is 9.54. The monoisotopic (exact) mass is 392 g/mol. The summed E-state index contributed by atoms with van der Waals surface area (Å²) in [5.41, 5.74) is 5.52. The fraction of sp³-hybridized carbons (Fsp3) is 0.586. The normalized spacial score (nSPS) is 22.7. The van der Waals surface area contributed by atoms with Gasteiger partial charge in [0.25, 0.3) is 0 Å². The maximum absolute atomic E-state index is 4.51. The standard InChI is InChI=1S/C29H44/c1-7-13-24-19-25(21-28(20-24)27-15-11-10-12-16-27)17-18-26(14-8-2)23(6)29(9-3)22(4)5/h9-12,15-16,24-26,28H,3,6-8,13-14,17-21H2,1-2,4-5H3. The van der Waals surface area contributed by atoms with Gasteiger partial charge in [0.05, 0.1) is 0 Å². The van der Waals surface area contributed by atoms with E-state index in [1.165, 1.54) is 74.5 Å². The van der Waals surface area contributed by atoms with Crippen LogP contribution in [0.1, 0.15) is 97.0 Å². The van der Waals surface area contributed by atoms with Crippen LogP contribution in [0.5, 0.6) is 0 Å². The highest BCUT2D eigenvalue weighted by atomic mass is 14.3. The minimum absolute atomic E-state index is 0.602. The highest BCUT2D eigenvalue weighted by Crippen LogP contribution is 2.44. The lowest BCUT2D eigenvalue weighted by Gasteiger charge is -2.36. The number of hydrogen-bond donors (Lipinski definition) is 0. The third-order valence-electron chi connectivity index (χ3n) is 7.01. The highest BCUT2D eigenvalue weighted by Gasteiger charge is 2.30. The highest BCUT2D eigenvalue weighted by molar-refractivity contribution is 5.41. The Morgan fingerprint density at radius 1 is 0.966 bits per heavy atom. The van der Waals surface area contributed by atoms with Gasteiger partial charge in [-0.2, -0.15) is 0 Å². The number of allylic oxidation sites excluding steroid dienone is 4. The molecule has 4 atom stereocenters. The Balaban J connectivity index is 2.07. The van der Waals surface area contributed by atoms with Gasteiger partial charge in [-0.15, -0.1) is 0 Å². The van der Waals surface area contributed by atoms with E-state index in [9.17, 15) is 0 Å². The second kappa shape index (κ2) is 12.2. The predicted molar refractivity (Wildman–Crippen MR) is 130 cm³/mol. The quantitative estimate of drug-likeness (QED) is 0.329. The number of hydrogen-bond acceptors (Lipinski definition) is 0. The molecule has 0 bridgehead atoms. The maximum atomic E-state index is 4.51. The van der Waals surface area contributed by atoms with E-state index in [-0.39, 0.29) is 0 Å². The molecule has 0 N–H and O–H groups in total. The molecule has 1 aromatic rings. The fourth-order valence-corrected chi connectivity index (χ4v) is 5.60. The van der Waals surface area contributed by atoms with Gasteiger partial charge >= 0.3 is 0 Å². The summed E-state index contributed by atoms with van der Waals surface area (Å²) in [6.07, 6.45) is 14.0. The Kier molecular flexibility index (Phi) is 9.98. The fourth-order valence-electron chi connectivity index (χ4n) is 5.60. The summed E-state index contributed by atoms with van der Waals surface area (Å²) >= 11 is 0. The first-order valence-electron chi connectivity index (χ1n) is 12.0. The molecule has 29 heavy (non-hydrogen) atoms. The molecule has 4 unspecified atom stereocenters. The first kappa shape index (κ1) is 23.7. The summed E-state index contributed by atoms with van der Waals surface area (Å²) in [5.74, 6) is 3.11. The molecule has 0 amide bonds. The van der Waals surface area contributed by atoms with Gasteiger partial charge in [0.2, 0.25) is 0 Å². The first-order chi connectivity index (χ1) is 14.0. The van der Waals surface area contributed by atoms with Crippen molar-refractivity contribution in [3.63, 3.8) is 0 Å². The minimum atomic E-state index is 0.602. The van der Waals surface area contributed by atoms with Gasteiger partial charge in [-0.05, 0) is 92.8 Å². The molecule has 0 spiro atoms. The van der Waals surface area contributed by atoms with Crippen molar-refractivity contribution in [1.82, 2.24) is 0 Å². The zero-order valence-corrected chi connectivity index (χ0v) is 19.6. The number of benzene rings is 1. The maximum Gasteiger partial charge on any atom is -0.0157 e. The summed E-state index contributed by atoms with van der Waals surface area (Å²) < 4.78 is 0. The third kappa shape index (κ3) is 7.02. The second-order valence-electron chi connectivity index (χ2n) is 9.54. The van der Waals surface area contributed by atoms with E-state index in [0.29, 0.717) is 5.92 Å². The topological polar surface area (TPSA) is 0 Å². The van der Waals surface area contributed by atoms with E-state index in [4.69, 9.17) is 0 Å². The molecule has 1 fully saturated rings. The van der Waals surface area contributed by atoms with Crippen molar-refractivity contribution in [2.24, 2.45) is 17.8 Å². The molecular weight excluding hydrogens is 348 g/mol. The van der Waals surface area contributed by atoms with E-state index >= 15 is 0 Å². The van der Waals surface area contributed by atoms with Gasteiger partial charge in [0.15, 0.2) is 0 Å². The molecule has 1 aromatic carbocycles. The van der Waals surface area contributed by atoms with E-state index in [1.807, 2.05) is 6.08 Å². The van der Waals surface area contributed by atoms with Crippen molar-refractivity contribution in [3.05, 3.63) is 71.8 Å². The molecule has 0 saturated heterocycles.